The Hall–Kier alpha value is -3.12. The van der Waals surface area contributed by atoms with Gasteiger partial charge in [-0.2, -0.15) is 12.8 Å². The first kappa shape index (κ1) is 20.6. The predicted molar refractivity (Wildman–Crippen MR) is 107 cm³/mol. The van der Waals surface area contributed by atoms with E-state index in [0.717, 1.165) is 6.21 Å². The van der Waals surface area contributed by atoms with E-state index in [1.165, 1.54) is 24.4 Å². The standard InChI is InChI=1S/C18H14N2O7S2/c21-29(22,25-16-9-5-2-6-10-16)20-14-18-12-11-17(23-18)13-19-28-27-26-24-15-7-3-1-4-8-15/h1-14H/b19-13+,20-14+. The molecule has 0 radical (unpaired) electrons. The molecule has 0 aliphatic carbocycles. The van der Waals surface area contributed by atoms with E-state index in [0.29, 0.717) is 23.7 Å². The van der Waals surface area contributed by atoms with E-state index < -0.39 is 10.3 Å². The summed E-state index contributed by atoms with van der Waals surface area (Å²) in [6.07, 6.45) is 2.36. The van der Waals surface area contributed by atoms with Gasteiger partial charge in [0.05, 0.1) is 12.4 Å². The van der Waals surface area contributed by atoms with Gasteiger partial charge in [-0.3, -0.25) is 0 Å². The summed E-state index contributed by atoms with van der Waals surface area (Å²) in [6.45, 7) is 0. The minimum absolute atomic E-state index is 0.160. The van der Waals surface area contributed by atoms with Gasteiger partial charge in [0, 0.05) is 5.04 Å². The number of hydrogen-bond donors (Lipinski definition) is 0. The van der Waals surface area contributed by atoms with Crippen molar-refractivity contribution in [3.05, 3.63) is 84.3 Å². The predicted octanol–water partition coefficient (Wildman–Crippen LogP) is 3.95. The summed E-state index contributed by atoms with van der Waals surface area (Å²) in [5, 5.41) is 4.50. The molecule has 9 nitrogen and oxygen atoms in total. The molecule has 0 aliphatic heterocycles. The van der Waals surface area contributed by atoms with Gasteiger partial charge < -0.3 is 13.5 Å². The normalized spacial score (nSPS) is 11.9. The van der Waals surface area contributed by atoms with Crippen molar-refractivity contribution in [2.75, 3.05) is 0 Å². The Labute approximate surface area is 171 Å². The highest BCUT2D eigenvalue weighted by atomic mass is 32.2. The van der Waals surface area contributed by atoms with Gasteiger partial charge in [-0.1, -0.05) is 40.7 Å². The zero-order valence-corrected chi connectivity index (χ0v) is 16.3. The van der Waals surface area contributed by atoms with Crippen LogP contribution in [0.15, 0.2) is 86.0 Å². The average molecular weight is 434 g/mol. The Morgan fingerprint density at radius 2 is 1.45 bits per heavy atom. The van der Waals surface area contributed by atoms with Crippen LogP contribution in [-0.2, 0) is 19.7 Å². The molecule has 3 aromatic rings. The Morgan fingerprint density at radius 1 is 0.828 bits per heavy atom. The number of furan rings is 1. The van der Waals surface area contributed by atoms with Crippen LogP contribution in [0.3, 0.4) is 0 Å². The molecule has 0 amide bonds. The Morgan fingerprint density at radius 3 is 2.14 bits per heavy atom. The highest BCUT2D eigenvalue weighted by molar-refractivity contribution is 7.93. The van der Waals surface area contributed by atoms with Crippen LogP contribution in [-0.4, -0.2) is 20.8 Å². The summed E-state index contributed by atoms with van der Waals surface area (Å²) in [5.74, 6) is 1.17. The lowest BCUT2D eigenvalue weighted by molar-refractivity contribution is -0.403. The van der Waals surface area contributed by atoms with E-state index in [2.05, 4.69) is 18.2 Å². The molecule has 150 valence electrons. The van der Waals surface area contributed by atoms with Crippen molar-refractivity contribution in [1.29, 1.82) is 0 Å². The Balaban J connectivity index is 1.43. The molecule has 0 N–H and O–H groups in total. The van der Waals surface area contributed by atoms with Crippen molar-refractivity contribution in [2.45, 2.75) is 0 Å². The molecule has 0 bridgehead atoms. The van der Waals surface area contributed by atoms with Crippen LogP contribution in [0.5, 0.6) is 11.5 Å². The zero-order chi connectivity index (χ0) is 20.4. The van der Waals surface area contributed by atoms with Crippen molar-refractivity contribution in [3.63, 3.8) is 0 Å². The van der Waals surface area contributed by atoms with Gasteiger partial charge in [-0.15, -0.1) is 4.40 Å². The third-order valence-electron chi connectivity index (χ3n) is 3.06. The van der Waals surface area contributed by atoms with E-state index in [-0.39, 0.29) is 11.5 Å². The van der Waals surface area contributed by atoms with E-state index in [1.807, 2.05) is 6.07 Å². The minimum atomic E-state index is -4.15. The van der Waals surface area contributed by atoms with Crippen LogP contribution in [0.25, 0.3) is 0 Å². The number of benzene rings is 2. The second-order valence-electron chi connectivity index (χ2n) is 5.14. The third kappa shape index (κ3) is 7.43. The fourth-order valence-electron chi connectivity index (χ4n) is 1.88. The summed E-state index contributed by atoms with van der Waals surface area (Å²) in [6, 6.07) is 19.9. The van der Waals surface area contributed by atoms with Crippen LogP contribution in [0.2, 0.25) is 0 Å². The Kier molecular flexibility index (Phi) is 7.41. The fraction of sp³-hybridized carbons (Fsp3) is 0. The van der Waals surface area contributed by atoms with Crippen molar-refractivity contribution in [1.82, 2.24) is 0 Å². The van der Waals surface area contributed by atoms with Gasteiger partial charge in [0.15, 0.2) is 18.0 Å². The quantitative estimate of drug-likeness (QED) is 0.118. The topological polar surface area (TPSA) is 109 Å². The lowest BCUT2D eigenvalue weighted by atomic mass is 10.3. The molecular weight excluding hydrogens is 420 g/mol. The second-order valence-corrected chi connectivity index (χ2v) is 6.87. The molecule has 11 heteroatoms. The van der Waals surface area contributed by atoms with Crippen LogP contribution >= 0.6 is 12.2 Å². The molecule has 1 heterocycles. The maximum atomic E-state index is 11.8. The summed E-state index contributed by atoms with van der Waals surface area (Å²) in [4.78, 5) is 4.84. The maximum Gasteiger partial charge on any atom is 0.428 e. The highest BCUT2D eigenvalue weighted by Crippen LogP contribution is 2.14. The molecule has 0 fully saturated rings. The lowest BCUT2D eigenvalue weighted by Gasteiger charge is -2.00. The third-order valence-corrected chi connectivity index (χ3v) is 4.13. The van der Waals surface area contributed by atoms with Gasteiger partial charge in [-0.25, -0.2) is 0 Å². The second kappa shape index (κ2) is 10.4. The Bertz CT molecular complexity index is 1050. The molecule has 0 unspecified atom stereocenters. The van der Waals surface area contributed by atoms with Crippen LogP contribution in [0.1, 0.15) is 11.5 Å². The largest absolute Gasteiger partial charge is 0.454 e. The van der Waals surface area contributed by atoms with Crippen molar-refractivity contribution in [2.24, 2.45) is 8.80 Å². The molecule has 29 heavy (non-hydrogen) atoms. The fourth-order valence-corrected chi connectivity index (χ4v) is 2.74. The van der Waals surface area contributed by atoms with Gasteiger partial charge in [0.2, 0.25) is 0 Å². The molecule has 0 aliphatic rings. The van der Waals surface area contributed by atoms with E-state index in [9.17, 15) is 8.42 Å². The molecule has 0 saturated heterocycles. The van der Waals surface area contributed by atoms with Crippen LogP contribution in [0.4, 0.5) is 0 Å². The lowest BCUT2D eigenvalue weighted by Crippen LogP contribution is -2.05. The maximum absolute atomic E-state index is 11.8. The number of hydrogen-bond acceptors (Lipinski definition) is 9. The average Bonchev–Trinajstić information content (AvgIpc) is 3.18. The number of nitrogens with zero attached hydrogens (tertiary/aromatic N) is 2. The highest BCUT2D eigenvalue weighted by Gasteiger charge is 2.09. The smallest absolute Gasteiger partial charge is 0.428 e. The molecule has 0 atom stereocenters. The summed E-state index contributed by atoms with van der Waals surface area (Å²) in [5.41, 5.74) is 0. The van der Waals surface area contributed by atoms with Gasteiger partial charge in [0.1, 0.15) is 17.3 Å². The molecule has 3 rings (SSSR count). The SMILES string of the molecule is O=S(=O)(/N=C/c1ccc(/C=N/SOOOc2ccccc2)o1)Oc1ccccc1. The van der Waals surface area contributed by atoms with Gasteiger partial charge in [0.25, 0.3) is 0 Å². The van der Waals surface area contributed by atoms with Crippen molar-refractivity contribution >= 4 is 35.0 Å². The van der Waals surface area contributed by atoms with E-state index in [4.69, 9.17) is 13.5 Å². The zero-order valence-electron chi connectivity index (χ0n) is 14.7. The molecule has 0 saturated carbocycles. The number of rotatable bonds is 10. The molecule has 2 aromatic carbocycles. The first-order valence-electron chi connectivity index (χ1n) is 8.01. The van der Waals surface area contributed by atoms with E-state index >= 15 is 0 Å². The summed E-state index contributed by atoms with van der Waals surface area (Å²) < 4.78 is 45.7. The molecule has 1 aromatic heterocycles. The van der Waals surface area contributed by atoms with Crippen molar-refractivity contribution in [3.8, 4) is 11.5 Å². The first-order chi connectivity index (χ1) is 14.1. The number of para-hydroxylation sites is 2. The first-order valence-corrected chi connectivity index (χ1v) is 10.1. The van der Waals surface area contributed by atoms with E-state index in [1.54, 1.807) is 48.5 Å². The van der Waals surface area contributed by atoms with Gasteiger partial charge >= 0.3 is 10.3 Å². The minimum Gasteiger partial charge on any atom is -0.454 e. The van der Waals surface area contributed by atoms with Gasteiger partial charge in [-0.05, 0) is 36.4 Å². The van der Waals surface area contributed by atoms with Crippen molar-refractivity contribution < 1.29 is 31.3 Å². The summed E-state index contributed by atoms with van der Waals surface area (Å²) >= 11 is 0.608. The van der Waals surface area contributed by atoms with Crippen LogP contribution < -0.4 is 9.07 Å². The summed E-state index contributed by atoms with van der Waals surface area (Å²) in [7, 11) is -4.15. The molecular formula is C18H14N2O7S2. The van der Waals surface area contributed by atoms with Crippen LogP contribution in [0, 0.1) is 0 Å². The molecule has 0 spiro atoms. The monoisotopic (exact) mass is 434 g/mol.